The van der Waals surface area contributed by atoms with Crippen molar-refractivity contribution in [3.8, 4) is 0 Å². The first-order valence-electron chi connectivity index (χ1n) is 12.4. The molecule has 3 aromatic rings. The molecule has 1 fully saturated rings. The van der Waals surface area contributed by atoms with Gasteiger partial charge in [0.25, 0.3) is 0 Å². The van der Waals surface area contributed by atoms with Gasteiger partial charge < -0.3 is 54.6 Å². The standard InChI is InChI=1S/C21H29N5OS.2C2H2O4/c1-2-27-15-14-26-20-19(6-3-10-22-20)24-21(26)23-17-7-11-25(12-8-17)13-9-18-5-4-16-28-18;2*3-1(4)2(5)6/h3-6,10,16-17H,2,7-9,11-15H2,1H3,(H,23,24);2*(H,3,4)(H,5,6)/p-4. The molecule has 4 rings (SSSR count). The van der Waals surface area contributed by atoms with Crippen molar-refractivity contribution in [2.75, 3.05) is 38.2 Å². The van der Waals surface area contributed by atoms with Gasteiger partial charge in [-0.1, -0.05) is 6.07 Å². The van der Waals surface area contributed by atoms with Crippen LogP contribution in [0.3, 0.4) is 0 Å². The van der Waals surface area contributed by atoms with E-state index in [0.717, 1.165) is 69.2 Å². The second kappa shape index (κ2) is 16.8. The minimum atomic E-state index is -2.19. The average Bonchev–Trinajstić information content (AvgIpc) is 3.57. The van der Waals surface area contributed by atoms with Gasteiger partial charge in [0, 0.05) is 43.4 Å². The summed E-state index contributed by atoms with van der Waals surface area (Å²) in [6.45, 7) is 7.63. The van der Waals surface area contributed by atoms with E-state index in [1.165, 1.54) is 4.88 Å². The zero-order valence-electron chi connectivity index (χ0n) is 21.8. The maximum atomic E-state index is 8.93. The SMILES string of the molecule is CCOCCn1c(NC2CCN(CCc3cccs3)CC2)nc2cccnc21.O=C([O-])C(=O)[O-].O=C([O-])C(=O)[O-]. The molecule has 218 valence electrons. The summed E-state index contributed by atoms with van der Waals surface area (Å²) in [7, 11) is 0. The van der Waals surface area contributed by atoms with E-state index in [2.05, 4.69) is 37.3 Å². The first kappa shape index (κ1) is 32.1. The number of ether oxygens (including phenoxy) is 1. The average molecular weight is 576 g/mol. The minimum absolute atomic E-state index is 0.459. The zero-order valence-corrected chi connectivity index (χ0v) is 22.6. The Morgan fingerprint density at radius 1 is 1.00 bits per heavy atom. The van der Waals surface area contributed by atoms with Crippen molar-refractivity contribution >= 4 is 52.3 Å². The fourth-order valence-electron chi connectivity index (χ4n) is 3.79. The number of likely N-dealkylation sites (tertiary alicyclic amines) is 1. The van der Waals surface area contributed by atoms with E-state index in [9.17, 15) is 0 Å². The highest BCUT2D eigenvalue weighted by molar-refractivity contribution is 7.09. The van der Waals surface area contributed by atoms with Crippen LogP contribution in [0.2, 0.25) is 0 Å². The third-order valence-electron chi connectivity index (χ3n) is 5.68. The van der Waals surface area contributed by atoms with Crippen LogP contribution in [-0.4, -0.2) is 82.2 Å². The Morgan fingerprint density at radius 3 is 2.20 bits per heavy atom. The van der Waals surface area contributed by atoms with Gasteiger partial charge in [-0.05, 0) is 49.8 Å². The molecule has 0 unspecified atom stereocenters. The molecular formula is C25H29N5O9S-4. The molecule has 3 aromatic heterocycles. The Morgan fingerprint density at radius 2 is 1.65 bits per heavy atom. The lowest BCUT2D eigenvalue weighted by atomic mass is 10.1. The molecule has 1 aliphatic rings. The van der Waals surface area contributed by atoms with Crippen molar-refractivity contribution in [2.45, 2.75) is 38.8 Å². The van der Waals surface area contributed by atoms with Gasteiger partial charge in [-0.15, -0.1) is 11.3 Å². The molecule has 0 bridgehead atoms. The highest BCUT2D eigenvalue weighted by atomic mass is 32.1. The fourth-order valence-corrected chi connectivity index (χ4v) is 4.49. The predicted octanol–water partition coefficient (Wildman–Crippen LogP) is -3.38. The van der Waals surface area contributed by atoms with E-state index >= 15 is 0 Å². The molecule has 1 aliphatic heterocycles. The van der Waals surface area contributed by atoms with Crippen LogP contribution in [0.1, 0.15) is 24.6 Å². The van der Waals surface area contributed by atoms with Crippen molar-refractivity contribution in [1.82, 2.24) is 19.4 Å². The quantitative estimate of drug-likeness (QED) is 0.195. The van der Waals surface area contributed by atoms with Gasteiger partial charge in [0.15, 0.2) is 5.65 Å². The molecule has 0 spiro atoms. The van der Waals surface area contributed by atoms with Gasteiger partial charge in [0.05, 0.1) is 37.0 Å². The van der Waals surface area contributed by atoms with Crippen LogP contribution in [0.4, 0.5) is 5.95 Å². The van der Waals surface area contributed by atoms with Crippen molar-refractivity contribution in [2.24, 2.45) is 0 Å². The minimum Gasteiger partial charge on any atom is -0.543 e. The van der Waals surface area contributed by atoms with Gasteiger partial charge in [-0.3, -0.25) is 4.57 Å². The number of thiophene rings is 1. The van der Waals surface area contributed by atoms with Gasteiger partial charge >= 0.3 is 0 Å². The van der Waals surface area contributed by atoms with E-state index in [1.807, 2.05) is 36.6 Å². The number of hydrogen-bond donors (Lipinski definition) is 1. The smallest absolute Gasteiger partial charge is 0.205 e. The van der Waals surface area contributed by atoms with Gasteiger partial charge in [0.1, 0.15) is 5.52 Å². The van der Waals surface area contributed by atoms with E-state index in [0.29, 0.717) is 12.6 Å². The van der Waals surface area contributed by atoms with Gasteiger partial charge in [-0.25, -0.2) is 9.97 Å². The molecule has 14 nitrogen and oxygen atoms in total. The number of pyridine rings is 1. The molecule has 0 radical (unpaired) electrons. The normalized spacial score (nSPS) is 13.4. The summed E-state index contributed by atoms with van der Waals surface area (Å²) in [5.41, 5.74) is 1.87. The van der Waals surface area contributed by atoms with Crippen molar-refractivity contribution in [1.29, 1.82) is 0 Å². The molecule has 40 heavy (non-hydrogen) atoms. The molecule has 0 aliphatic carbocycles. The maximum Gasteiger partial charge on any atom is 0.205 e. The van der Waals surface area contributed by atoms with Crippen LogP contribution < -0.4 is 25.7 Å². The van der Waals surface area contributed by atoms with Crippen LogP contribution in [0.5, 0.6) is 0 Å². The Kier molecular flexibility index (Phi) is 13.5. The van der Waals surface area contributed by atoms with Crippen LogP contribution in [0.25, 0.3) is 11.2 Å². The molecule has 0 aromatic carbocycles. The number of aliphatic carboxylic acids is 4. The molecule has 0 saturated carbocycles. The molecular weight excluding hydrogens is 546 g/mol. The summed E-state index contributed by atoms with van der Waals surface area (Å²) >= 11 is 1.86. The number of carbonyl (C=O) groups is 4. The van der Waals surface area contributed by atoms with E-state index in [4.69, 9.17) is 49.3 Å². The van der Waals surface area contributed by atoms with Crippen molar-refractivity contribution < 1.29 is 44.3 Å². The van der Waals surface area contributed by atoms with Crippen molar-refractivity contribution in [3.05, 3.63) is 40.7 Å². The molecule has 0 amide bonds. The van der Waals surface area contributed by atoms with E-state index in [1.54, 1.807) is 0 Å². The first-order chi connectivity index (χ1) is 19.1. The lowest BCUT2D eigenvalue weighted by Gasteiger charge is -2.32. The number of hydrogen-bond acceptors (Lipinski definition) is 14. The monoisotopic (exact) mass is 575 g/mol. The number of piperidine rings is 1. The molecule has 0 atom stereocenters. The zero-order chi connectivity index (χ0) is 29.5. The lowest BCUT2D eigenvalue weighted by molar-refractivity contribution is -0.345. The number of anilines is 1. The summed E-state index contributed by atoms with van der Waals surface area (Å²) in [6, 6.07) is 8.80. The maximum absolute atomic E-state index is 8.93. The van der Waals surface area contributed by atoms with Crippen LogP contribution >= 0.6 is 11.3 Å². The van der Waals surface area contributed by atoms with Crippen molar-refractivity contribution in [3.63, 3.8) is 0 Å². The highest BCUT2D eigenvalue weighted by Gasteiger charge is 2.21. The third kappa shape index (κ3) is 11.0. The van der Waals surface area contributed by atoms with Gasteiger partial charge in [0.2, 0.25) is 5.95 Å². The lowest BCUT2D eigenvalue weighted by Crippen LogP contribution is -2.42. The molecule has 4 heterocycles. The number of aromatic nitrogens is 3. The molecule has 1 N–H and O–H groups in total. The fraction of sp³-hybridized carbons (Fsp3) is 0.440. The summed E-state index contributed by atoms with van der Waals surface area (Å²) in [5.74, 6) is -7.82. The van der Waals surface area contributed by atoms with Gasteiger partial charge in [-0.2, -0.15) is 0 Å². The van der Waals surface area contributed by atoms with Crippen LogP contribution in [-0.2, 0) is 36.9 Å². The second-order valence-electron chi connectivity index (χ2n) is 8.37. The number of carbonyl (C=O) groups excluding carboxylic acids is 4. The summed E-state index contributed by atoms with van der Waals surface area (Å²) in [4.78, 5) is 49.1. The van der Waals surface area contributed by atoms with E-state index in [-0.39, 0.29) is 0 Å². The number of nitrogens with one attached hydrogen (secondary N) is 1. The van der Waals surface area contributed by atoms with Crippen LogP contribution in [0, 0.1) is 0 Å². The highest BCUT2D eigenvalue weighted by Crippen LogP contribution is 2.21. The Hall–Kier alpha value is -4.08. The Balaban J connectivity index is 0.000000393. The molecule has 1 saturated heterocycles. The molecule has 15 heteroatoms. The number of nitrogens with zero attached hydrogens (tertiary/aromatic N) is 4. The summed E-state index contributed by atoms with van der Waals surface area (Å²) in [6.07, 6.45) is 5.28. The topological polar surface area (TPSA) is 216 Å². The number of carboxylic acid groups (broad SMARTS) is 4. The largest absolute Gasteiger partial charge is 0.543 e. The Bertz CT molecular complexity index is 1190. The number of fused-ring (bicyclic) bond motifs is 1. The number of imidazole rings is 1. The first-order valence-corrected chi connectivity index (χ1v) is 13.2. The number of carboxylic acids is 4. The number of rotatable bonds is 9. The Labute approximate surface area is 233 Å². The van der Waals surface area contributed by atoms with Crippen LogP contribution in [0.15, 0.2) is 35.8 Å². The summed E-state index contributed by atoms with van der Waals surface area (Å²) < 4.78 is 7.72. The predicted molar refractivity (Wildman–Crippen MR) is 135 cm³/mol. The second-order valence-corrected chi connectivity index (χ2v) is 9.40. The van der Waals surface area contributed by atoms with E-state index < -0.39 is 23.9 Å². The summed E-state index contributed by atoms with van der Waals surface area (Å²) in [5, 5.41) is 41.6. The third-order valence-corrected chi connectivity index (χ3v) is 6.61.